The highest BCUT2D eigenvalue weighted by atomic mass is 15.0. The zero-order valence-electron chi connectivity index (χ0n) is 11.9. The van der Waals surface area contributed by atoms with Crippen molar-refractivity contribution in [2.24, 2.45) is 5.73 Å². The molecule has 0 bridgehead atoms. The van der Waals surface area contributed by atoms with E-state index in [-0.39, 0.29) is 6.04 Å². The number of nitrogens with zero attached hydrogens (tertiary/aromatic N) is 2. The third-order valence-corrected chi connectivity index (χ3v) is 3.49. The van der Waals surface area contributed by atoms with Crippen LogP contribution in [0.15, 0.2) is 48.8 Å². The zero-order chi connectivity index (χ0) is 14.1. The van der Waals surface area contributed by atoms with Crippen LogP contribution in [0, 0.1) is 6.92 Å². The van der Waals surface area contributed by atoms with Gasteiger partial charge in [-0.25, -0.2) is 4.98 Å². The number of fused-ring (bicyclic) bond motifs is 1. The molecular formula is C17H19N3. The van der Waals surface area contributed by atoms with Crippen LogP contribution in [0.1, 0.15) is 18.1 Å². The van der Waals surface area contributed by atoms with Gasteiger partial charge < -0.3 is 5.73 Å². The van der Waals surface area contributed by atoms with E-state index in [9.17, 15) is 0 Å². The van der Waals surface area contributed by atoms with Gasteiger partial charge in [0.25, 0.3) is 0 Å². The van der Waals surface area contributed by atoms with E-state index in [1.807, 2.05) is 31.5 Å². The fourth-order valence-corrected chi connectivity index (χ4v) is 2.61. The first-order chi connectivity index (χ1) is 9.65. The molecule has 0 aliphatic carbocycles. The number of imidazole rings is 1. The van der Waals surface area contributed by atoms with E-state index in [2.05, 4.69) is 40.7 Å². The van der Waals surface area contributed by atoms with Crippen LogP contribution in [0.3, 0.4) is 0 Å². The smallest absolute Gasteiger partial charge is 0.100 e. The zero-order valence-corrected chi connectivity index (χ0v) is 11.9. The number of benzene rings is 2. The Bertz CT molecular complexity index is 741. The van der Waals surface area contributed by atoms with Crippen LogP contribution < -0.4 is 5.73 Å². The van der Waals surface area contributed by atoms with Gasteiger partial charge >= 0.3 is 0 Å². The van der Waals surface area contributed by atoms with Crippen molar-refractivity contribution in [1.29, 1.82) is 0 Å². The van der Waals surface area contributed by atoms with Gasteiger partial charge in [-0.15, -0.1) is 0 Å². The summed E-state index contributed by atoms with van der Waals surface area (Å²) in [6.45, 7) is 4.15. The average Bonchev–Trinajstić information content (AvgIpc) is 2.82. The minimum Gasteiger partial charge on any atom is -0.328 e. The molecule has 0 aliphatic rings. The third kappa shape index (κ3) is 2.32. The van der Waals surface area contributed by atoms with E-state index in [1.54, 1.807) is 0 Å². The van der Waals surface area contributed by atoms with Gasteiger partial charge in [-0.1, -0.05) is 29.8 Å². The predicted molar refractivity (Wildman–Crippen MR) is 83.2 cm³/mol. The lowest BCUT2D eigenvalue weighted by atomic mass is 10.0. The summed E-state index contributed by atoms with van der Waals surface area (Å²) in [7, 11) is 0. The fraction of sp³-hybridized carbons (Fsp3) is 0.235. The minimum atomic E-state index is 0.144. The maximum Gasteiger partial charge on any atom is 0.100 e. The van der Waals surface area contributed by atoms with Gasteiger partial charge in [-0.05, 0) is 44.0 Å². The molecule has 0 amide bonds. The Hall–Kier alpha value is -2.13. The highest BCUT2D eigenvalue weighted by molar-refractivity contribution is 5.77. The SMILES string of the molecule is Cc1ccc(-n2cnc3ccccc32)c(CC(C)N)c1. The van der Waals surface area contributed by atoms with Gasteiger partial charge in [0.15, 0.2) is 0 Å². The van der Waals surface area contributed by atoms with Crippen LogP contribution >= 0.6 is 0 Å². The summed E-state index contributed by atoms with van der Waals surface area (Å²) >= 11 is 0. The molecule has 1 aromatic heterocycles. The summed E-state index contributed by atoms with van der Waals surface area (Å²) < 4.78 is 2.15. The molecule has 3 rings (SSSR count). The van der Waals surface area contributed by atoms with Crippen LogP contribution in [-0.2, 0) is 6.42 Å². The quantitative estimate of drug-likeness (QED) is 0.790. The topological polar surface area (TPSA) is 43.8 Å². The summed E-state index contributed by atoms with van der Waals surface area (Å²) in [5, 5.41) is 0. The van der Waals surface area contributed by atoms with Crippen LogP contribution in [0.4, 0.5) is 0 Å². The van der Waals surface area contributed by atoms with Gasteiger partial charge in [0, 0.05) is 6.04 Å². The highest BCUT2D eigenvalue weighted by Gasteiger charge is 2.10. The molecule has 0 saturated carbocycles. The second-order valence-corrected chi connectivity index (χ2v) is 5.42. The second-order valence-electron chi connectivity index (χ2n) is 5.42. The summed E-state index contributed by atoms with van der Waals surface area (Å²) in [4.78, 5) is 4.47. The maximum absolute atomic E-state index is 5.98. The number of hydrogen-bond donors (Lipinski definition) is 1. The fourth-order valence-electron chi connectivity index (χ4n) is 2.61. The maximum atomic E-state index is 5.98. The molecule has 3 aromatic rings. The molecule has 2 N–H and O–H groups in total. The Balaban J connectivity index is 2.18. The van der Waals surface area contributed by atoms with Crippen molar-refractivity contribution in [2.75, 3.05) is 0 Å². The average molecular weight is 265 g/mol. The van der Waals surface area contributed by atoms with Gasteiger partial charge in [-0.3, -0.25) is 4.57 Å². The van der Waals surface area contributed by atoms with E-state index < -0.39 is 0 Å². The van der Waals surface area contributed by atoms with Gasteiger partial charge in [-0.2, -0.15) is 0 Å². The van der Waals surface area contributed by atoms with E-state index in [1.165, 1.54) is 16.8 Å². The highest BCUT2D eigenvalue weighted by Crippen LogP contribution is 2.23. The standard InChI is InChI=1S/C17H19N3/c1-12-7-8-16(14(9-12)10-13(2)18)20-11-19-15-5-3-4-6-17(15)20/h3-9,11,13H,10,18H2,1-2H3. The van der Waals surface area contributed by atoms with Gasteiger partial charge in [0.1, 0.15) is 6.33 Å². The summed E-state index contributed by atoms with van der Waals surface area (Å²) in [6.07, 6.45) is 2.75. The lowest BCUT2D eigenvalue weighted by Crippen LogP contribution is -2.19. The first-order valence-corrected chi connectivity index (χ1v) is 6.93. The molecule has 0 spiro atoms. The molecule has 1 unspecified atom stereocenters. The van der Waals surface area contributed by atoms with Crippen molar-refractivity contribution in [2.45, 2.75) is 26.3 Å². The van der Waals surface area contributed by atoms with Crippen molar-refractivity contribution >= 4 is 11.0 Å². The number of aromatic nitrogens is 2. The molecule has 0 fully saturated rings. The lowest BCUT2D eigenvalue weighted by Gasteiger charge is -2.14. The first-order valence-electron chi connectivity index (χ1n) is 6.93. The van der Waals surface area contributed by atoms with E-state index >= 15 is 0 Å². The van der Waals surface area contributed by atoms with Crippen molar-refractivity contribution in [3.05, 3.63) is 59.9 Å². The van der Waals surface area contributed by atoms with Crippen LogP contribution in [0.2, 0.25) is 0 Å². The Labute approximate surface area is 119 Å². The Morgan fingerprint density at radius 2 is 2.00 bits per heavy atom. The Morgan fingerprint density at radius 3 is 2.80 bits per heavy atom. The lowest BCUT2D eigenvalue weighted by molar-refractivity contribution is 0.733. The third-order valence-electron chi connectivity index (χ3n) is 3.49. The van der Waals surface area contributed by atoms with Crippen LogP contribution in [0.25, 0.3) is 16.7 Å². The Kier molecular flexibility index (Phi) is 3.28. The molecule has 0 aliphatic heterocycles. The molecule has 0 radical (unpaired) electrons. The molecule has 20 heavy (non-hydrogen) atoms. The summed E-state index contributed by atoms with van der Waals surface area (Å²) in [5.41, 5.74) is 11.8. The minimum absolute atomic E-state index is 0.144. The van der Waals surface area contributed by atoms with E-state index in [0.29, 0.717) is 0 Å². The molecule has 102 valence electrons. The van der Waals surface area contributed by atoms with Crippen molar-refractivity contribution < 1.29 is 0 Å². The number of para-hydroxylation sites is 2. The van der Waals surface area contributed by atoms with Crippen molar-refractivity contribution in [1.82, 2.24) is 9.55 Å². The monoisotopic (exact) mass is 265 g/mol. The Morgan fingerprint density at radius 1 is 1.20 bits per heavy atom. The summed E-state index contributed by atoms with van der Waals surface area (Å²) in [6, 6.07) is 14.8. The number of hydrogen-bond acceptors (Lipinski definition) is 2. The van der Waals surface area contributed by atoms with Crippen molar-refractivity contribution in [3.63, 3.8) is 0 Å². The predicted octanol–water partition coefficient (Wildman–Crippen LogP) is 3.22. The normalized spacial score (nSPS) is 12.8. The summed E-state index contributed by atoms with van der Waals surface area (Å²) in [5.74, 6) is 0. The van der Waals surface area contributed by atoms with Gasteiger partial charge in [0.05, 0.1) is 16.7 Å². The molecule has 0 saturated heterocycles. The van der Waals surface area contributed by atoms with Crippen LogP contribution in [-0.4, -0.2) is 15.6 Å². The van der Waals surface area contributed by atoms with Crippen LogP contribution in [0.5, 0.6) is 0 Å². The van der Waals surface area contributed by atoms with Gasteiger partial charge in [0.2, 0.25) is 0 Å². The first kappa shape index (κ1) is 12.9. The van der Waals surface area contributed by atoms with E-state index in [0.717, 1.165) is 17.5 Å². The van der Waals surface area contributed by atoms with E-state index in [4.69, 9.17) is 5.73 Å². The molecule has 3 heteroatoms. The molecule has 1 heterocycles. The second kappa shape index (κ2) is 5.10. The molecular weight excluding hydrogens is 246 g/mol. The molecule has 2 aromatic carbocycles. The van der Waals surface area contributed by atoms with Crippen molar-refractivity contribution in [3.8, 4) is 5.69 Å². The number of aryl methyl sites for hydroxylation is 1. The largest absolute Gasteiger partial charge is 0.328 e. The number of nitrogens with two attached hydrogens (primary N) is 1. The molecule has 3 nitrogen and oxygen atoms in total. The molecule has 1 atom stereocenters. The number of rotatable bonds is 3.